The van der Waals surface area contributed by atoms with Crippen LogP contribution in [0.4, 0.5) is 0 Å². The highest BCUT2D eigenvalue weighted by Crippen LogP contribution is 2.38. The molecule has 0 aromatic rings. The molecule has 0 saturated carbocycles. The van der Waals surface area contributed by atoms with Crippen molar-refractivity contribution in [2.75, 3.05) is 54.1 Å². The zero-order chi connectivity index (χ0) is 43.4. The van der Waals surface area contributed by atoms with Crippen molar-refractivity contribution < 1.29 is 37.3 Å². The van der Waals surface area contributed by atoms with Crippen LogP contribution < -0.4 is 4.89 Å². The number of phosphoric acid groups is 1. The van der Waals surface area contributed by atoms with Gasteiger partial charge in [0.2, 0.25) is 0 Å². The largest absolute Gasteiger partial charge is 0.756 e. The Balaban J connectivity index is 4.18. The van der Waals surface area contributed by atoms with E-state index in [1.807, 2.05) is 21.1 Å². The molecule has 0 aliphatic rings. The Morgan fingerprint density at radius 3 is 1.49 bits per heavy atom. The van der Waals surface area contributed by atoms with Crippen LogP contribution in [0.25, 0.3) is 0 Å². The standard InChI is InChI=1S/C50H92NO7P/c1-6-8-10-12-14-16-18-20-22-23-24-25-26-27-28-29-30-31-33-35-37-39-41-43-50(52)58-49(48-57-59(53,54)56-46-44-51(3,4)5)47-55-45-42-40-38-36-34-32-21-19-17-15-13-11-9-7-2/h9,11,15,17,21,23-24,32,36,38,49H,6-8,10,12-14,16,18-20,22,25-31,33-35,37,39-48H2,1-5H3/b11-9-,17-15-,24-23-,32-21-,38-36-. The lowest BCUT2D eigenvalue weighted by molar-refractivity contribution is -0.870. The molecule has 0 saturated heterocycles. The molecule has 0 amide bonds. The van der Waals surface area contributed by atoms with Crippen LogP contribution in [0.5, 0.6) is 0 Å². The van der Waals surface area contributed by atoms with E-state index in [1.165, 1.54) is 116 Å². The van der Waals surface area contributed by atoms with Crippen molar-refractivity contribution in [1.82, 2.24) is 0 Å². The van der Waals surface area contributed by atoms with Gasteiger partial charge in [0.1, 0.15) is 19.3 Å². The molecule has 2 atom stereocenters. The number of carbonyl (C=O) groups excluding carboxylic acids is 1. The zero-order valence-corrected chi connectivity index (χ0v) is 39.8. The van der Waals surface area contributed by atoms with Crippen molar-refractivity contribution >= 4 is 13.8 Å². The topological polar surface area (TPSA) is 94.1 Å². The van der Waals surface area contributed by atoms with Crippen molar-refractivity contribution in [3.8, 4) is 0 Å². The van der Waals surface area contributed by atoms with Crippen molar-refractivity contribution in [3.63, 3.8) is 0 Å². The van der Waals surface area contributed by atoms with Crippen LogP contribution in [0.1, 0.15) is 194 Å². The summed E-state index contributed by atoms with van der Waals surface area (Å²) < 4.78 is 34.5. The highest BCUT2D eigenvalue weighted by Gasteiger charge is 2.20. The van der Waals surface area contributed by atoms with E-state index in [4.69, 9.17) is 18.5 Å². The lowest BCUT2D eigenvalue weighted by Crippen LogP contribution is -2.37. The Morgan fingerprint density at radius 2 is 0.983 bits per heavy atom. The number of carbonyl (C=O) groups is 1. The molecule has 59 heavy (non-hydrogen) atoms. The van der Waals surface area contributed by atoms with Gasteiger partial charge in [-0.1, -0.05) is 177 Å². The average molecular weight is 850 g/mol. The summed E-state index contributed by atoms with van der Waals surface area (Å²) in [5, 5.41) is 0. The van der Waals surface area contributed by atoms with Gasteiger partial charge in [0.05, 0.1) is 34.4 Å². The number of hydrogen-bond donors (Lipinski definition) is 0. The first-order valence-corrected chi connectivity index (χ1v) is 25.5. The fourth-order valence-electron chi connectivity index (χ4n) is 6.37. The Bertz CT molecular complexity index is 1130. The molecule has 0 fully saturated rings. The maximum atomic E-state index is 12.7. The van der Waals surface area contributed by atoms with Crippen LogP contribution in [-0.4, -0.2) is 70.7 Å². The van der Waals surface area contributed by atoms with Gasteiger partial charge in [-0.25, -0.2) is 0 Å². The Kier molecular flexibility index (Phi) is 41.6. The fourth-order valence-corrected chi connectivity index (χ4v) is 7.10. The highest BCUT2D eigenvalue weighted by atomic mass is 31.2. The number of unbranched alkanes of at least 4 members (excludes halogenated alkanes) is 20. The van der Waals surface area contributed by atoms with Crippen molar-refractivity contribution in [3.05, 3.63) is 60.8 Å². The molecule has 0 aromatic heterocycles. The second-order valence-electron chi connectivity index (χ2n) is 17.1. The van der Waals surface area contributed by atoms with E-state index in [0.717, 1.165) is 57.8 Å². The first-order valence-electron chi connectivity index (χ1n) is 24.0. The number of hydrogen-bond acceptors (Lipinski definition) is 7. The number of esters is 1. The third-order valence-corrected chi connectivity index (χ3v) is 11.0. The van der Waals surface area contributed by atoms with Gasteiger partial charge >= 0.3 is 5.97 Å². The molecule has 0 aromatic carbocycles. The quantitative estimate of drug-likeness (QED) is 0.0198. The second-order valence-corrected chi connectivity index (χ2v) is 18.5. The van der Waals surface area contributed by atoms with Gasteiger partial charge in [-0.15, -0.1) is 0 Å². The lowest BCUT2D eigenvalue weighted by Gasteiger charge is -2.28. The van der Waals surface area contributed by atoms with Crippen LogP contribution in [0.2, 0.25) is 0 Å². The van der Waals surface area contributed by atoms with Gasteiger partial charge in [0, 0.05) is 13.0 Å². The van der Waals surface area contributed by atoms with E-state index in [-0.39, 0.29) is 25.8 Å². The maximum absolute atomic E-state index is 12.7. The second kappa shape index (κ2) is 42.9. The third-order valence-electron chi connectivity index (χ3n) is 10.1. The molecular formula is C50H92NO7P. The van der Waals surface area contributed by atoms with Gasteiger partial charge in [0.25, 0.3) is 7.82 Å². The third kappa shape index (κ3) is 47.1. The van der Waals surface area contributed by atoms with Crippen LogP contribution >= 0.6 is 7.82 Å². The maximum Gasteiger partial charge on any atom is 0.306 e. The molecule has 2 unspecified atom stereocenters. The van der Waals surface area contributed by atoms with Gasteiger partial charge in [-0.3, -0.25) is 9.36 Å². The van der Waals surface area contributed by atoms with E-state index in [2.05, 4.69) is 74.6 Å². The Hall–Kier alpha value is -1.80. The molecular weight excluding hydrogens is 758 g/mol. The van der Waals surface area contributed by atoms with Gasteiger partial charge in [-0.2, -0.15) is 0 Å². The van der Waals surface area contributed by atoms with Crippen molar-refractivity contribution in [2.24, 2.45) is 0 Å². The molecule has 0 aliphatic carbocycles. The lowest BCUT2D eigenvalue weighted by atomic mass is 10.0. The van der Waals surface area contributed by atoms with E-state index < -0.39 is 13.9 Å². The van der Waals surface area contributed by atoms with Gasteiger partial charge in [-0.05, 0) is 70.6 Å². The van der Waals surface area contributed by atoms with Crippen LogP contribution in [-0.2, 0) is 27.9 Å². The minimum Gasteiger partial charge on any atom is -0.756 e. The van der Waals surface area contributed by atoms with Crippen LogP contribution in [0, 0.1) is 0 Å². The number of nitrogens with zero attached hydrogens (tertiary/aromatic N) is 1. The summed E-state index contributed by atoms with van der Waals surface area (Å²) in [5.74, 6) is -0.354. The number of allylic oxidation sites excluding steroid dienone is 10. The van der Waals surface area contributed by atoms with E-state index in [1.54, 1.807) is 0 Å². The van der Waals surface area contributed by atoms with E-state index >= 15 is 0 Å². The number of phosphoric ester groups is 1. The summed E-state index contributed by atoms with van der Waals surface area (Å²) >= 11 is 0. The first-order chi connectivity index (χ1) is 28.6. The number of likely N-dealkylation sites (N-methyl/N-ethyl adjacent to an activating group) is 1. The van der Waals surface area contributed by atoms with Gasteiger partial charge in [0.15, 0.2) is 0 Å². The van der Waals surface area contributed by atoms with E-state index in [0.29, 0.717) is 24.1 Å². The monoisotopic (exact) mass is 850 g/mol. The SMILES string of the molecule is CC/C=C\C/C=C\C/C=C\C/C=C\CCCOCC(COP(=O)([O-])OCC[N+](C)(C)C)OC(=O)CCCCCCCCCCCCC/C=C\CCCCCCCCCC. The predicted octanol–water partition coefficient (Wildman–Crippen LogP) is 13.9. The summed E-state index contributed by atoms with van der Waals surface area (Å²) in [7, 11) is 1.32. The summed E-state index contributed by atoms with van der Waals surface area (Å²) in [6, 6.07) is 0. The Labute approximate surface area is 364 Å². The molecule has 0 aliphatic heterocycles. The molecule has 8 nitrogen and oxygen atoms in total. The summed E-state index contributed by atoms with van der Waals surface area (Å²) in [6.07, 6.45) is 54.0. The van der Waals surface area contributed by atoms with Crippen LogP contribution in [0.15, 0.2) is 60.8 Å². The summed E-state index contributed by atoms with van der Waals surface area (Å²) in [6.45, 7) is 5.15. The number of ether oxygens (including phenoxy) is 2. The molecule has 9 heteroatoms. The molecule has 344 valence electrons. The molecule has 0 heterocycles. The average Bonchev–Trinajstić information content (AvgIpc) is 3.19. The highest BCUT2D eigenvalue weighted by molar-refractivity contribution is 7.45. The number of quaternary nitrogens is 1. The molecule has 0 bridgehead atoms. The minimum absolute atomic E-state index is 0.0140. The van der Waals surface area contributed by atoms with Crippen LogP contribution in [0.3, 0.4) is 0 Å². The minimum atomic E-state index is -4.54. The normalized spacial score (nSPS) is 14.2. The molecule has 0 rings (SSSR count). The summed E-state index contributed by atoms with van der Waals surface area (Å²) in [4.78, 5) is 25.1. The smallest absolute Gasteiger partial charge is 0.306 e. The fraction of sp³-hybridized carbons (Fsp3) is 0.780. The number of rotatable bonds is 44. The Morgan fingerprint density at radius 1 is 0.542 bits per heavy atom. The molecule has 0 spiro atoms. The molecule has 0 radical (unpaired) electrons. The predicted molar refractivity (Wildman–Crippen MR) is 249 cm³/mol. The van der Waals surface area contributed by atoms with Gasteiger partial charge < -0.3 is 27.9 Å². The van der Waals surface area contributed by atoms with E-state index in [9.17, 15) is 14.3 Å². The summed E-state index contributed by atoms with van der Waals surface area (Å²) in [5.41, 5.74) is 0. The first kappa shape index (κ1) is 57.2. The zero-order valence-electron chi connectivity index (χ0n) is 38.9. The van der Waals surface area contributed by atoms with Crippen molar-refractivity contribution in [1.29, 1.82) is 0 Å². The van der Waals surface area contributed by atoms with Crippen molar-refractivity contribution in [2.45, 2.75) is 200 Å². The molecule has 0 N–H and O–H groups in total.